The third-order valence-electron chi connectivity index (χ3n) is 13.6. The van der Waals surface area contributed by atoms with Crippen LogP contribution in [0.3, 0.4) is 0 Å². The number of carboxylic acid groups (broad SMARTS) is 2. The van der Waals surface area contributed by atoms with Gasteiger partial charge in [0.15, 0.2) is 0 Å². The number of aromatic nitrogens is 8. The predicted molar refractivity (Wildman–Crippen MR) is 237 cm³/mol. The van der Waals surface area contributed by atoms with E-state index in [1.807, 2.05) is 26.0 Å². The molecule has 20 heteroatoms. The molecule has 2 amide bonds. The third-order valence-corrected chi connectivity index (χ3v) is 13.6. The highest BCUT2D eigenvalue weighted by Gasteiger charge is 2.38. The van der Waals surface area contributed by atoms with Gasteiger partial charge in [0.25, 0.3) is 0 Å². The van der Waals surface area contributed by atoms with Gasteiger partial charge in [0.2, 0.25) is 0 Å². The number of amides is 2. The Kier molecular flexibility index (Phi) is 15.4. The molecule has 356 valence electrons. The Labute approximate surface area is 384 Å². The Bertz CT molecular complexity index is 2200. The van der Waals surface area contributed by atoms with Crippen LogP contribution in [0.2, 0.25) is 0 Å². The fourth-order valence-electron chi connectivity index (χ4n) is 8.48. The largest absolute Gasteiger partial charge is 0.491 e. The van der Waals surface area contributed by atoms with E-state index in [0.717, 1.165) is 12.8 Å². The molecule has 66 heavy (non-hydrogen) atoms. The van der Waals surface area contributed by atoms with Gasteiger partial charge < -0.3 is 39.0 Å². The van der Waals surface area contributed by atoms with Gasteiger partial charge in [-0.05, 0) is 101 Å². The highest BCUT2D eigenvalue weighted by Crippen LogP contribution is 2.37. The molecule has 0 bridgehead atoms. The van der Waals surface area contributed by atoms with Crippen molar-refractivity contribution in [2.45, 2.75) is 91.3 Å². The summed E-state index contributed by atoms with van der Waals surface area (Å²) in [5.74, 6) is 0.275. The van der Waals surface area contributed by atoms with Crippen LogP contribution >= 0.6 is 0 Å². The molecule has 0 aliphatic heterocycles. The van der Waals surface area contributed by atoms with E-state index in [-0.39, 0.29) is 49.1 Å². The van der Waals surface area contributed by atoms with Crippen LogP contribution in [0, 0.1) is 49.4 Å². The molecule has 0 aromatic carbocycles. The van der Waals surface area contributed by atoms with Crippen LogP contribution in [-0.4, -0.2) is 124 Å². The minimum Gasteiger partial charge on any atom is -0.491 e. The van der Waals surface area contributed by atoms with Gasteiger partial charge in [-0.1, -0.05) is 23.3 Å². The van der Waals surface area contributed by atoms with Crippen LogP contribution in [0.1, 0.15) is 87.0 Å². The summed E-state index contributed by atoms with van der Waals surface area (Å²) in [4.78, 5) is 59.6. The van der Waals surface area contributed by atoms with E-state index < -0.39 is 11.9 Å². The molecule has 8 rings (SSSR count). The van der Waals surface area contributed by atoms with Crippen molar-refractivity contribution in [3.05, 3.63) is 47.0 Å². The highest BCUT2D eigenvalue weighted by atomic mass is 16.6. The van der Waals surface area contributed by atoms with Gasteiger partial charge in [-0.3, -0.25) is 9.59 Å². The first-order valence-corrected chi connectivity index (χ1v) is 22.9. The topological polar surface area (TPSA) is 239 Å². The second kappa shape index (κ2) is 21.3. The second-order valence-corrected chi connectivity index (χ2v) is 18.2. The van der Waals surface area contributed by atoms with E-state index in [4.69, 9.17) is 18.9 Å². The van der Waals surface area contributed by atoms with Crippen molar-refractivity contribution in [1.82, 2.24) is 49.8 Å². The second-order valence-electron chi connectivity index (χ2n) is 18.2. The van der Waals surface area contributed by atoms with Gasteiger partial charge in [0, 0.05) is 53.1 Å². The number of aryl methyl sites for hydroxylation is 4. The van der Waals surface area contributed by atoms with Gasteiger partial charge in [0.05, 0.1) is 47.8 Å². The lowest BCUT2D eigenvalue weighted by molar-refractivity contribution is -0.149. The summed E-state index contributed by atoms with van der Waals surface area (Å²) in [5.41, 5.74) is 4.96. The maximum atomic E-state index is 12.4. The van der Waals surface area contributed by atoms with Gasteiger partial charge in [0.1, 0.15) is 47.5 Å². The van der Waals surface area contributed by atoms with Crippen LogP contribution in [0.4, 0.5) is 9.59 Å². The zero-order chi connectivity index (χ0) is 47.1. The first-order chi connectivity index (χ1) is 31.7. The molecule has 0 spiro atoms. The standard InChI is InChI=1S/2C23H31N5O5/c2*1-14-20(32-12-16-7-8-17(16)22(29)30)10-9-18(24-14)21-19(28(3)26-25-21)13-33-23(31)27(2)11-15-5-4-6-15/h2*9-10,15-17H,4-8,11-13H2,1-3H3,(H,29,30)/t2*16-,17+/m10/s1. The smallest absolute Gasteiger partial charge is 0.409 e. The van der Waals surface area contributed by atoms with Gasteiger partial charge in [-0.25, -0.2) is 28.9 Å². The molecule has 4 aromatic heterocycles. The molecule has 0 unspecified atom stereocenters. The summed E-state index contributed by atoms with van der Waals surface area (Å²) in [6, 6.07) is 7.19. The molecule has 4 heterocycles. The van der Waals surface area contributed by atoms with E-state index in [9.17, 15) is 29.4 Å². The van der Waals surface area contributed by atoms with Gasteiger partial charge in [-0.2, -0.15) is 0 Å². The average molecular weight is 915 g/mol. The normalized spacial score (nSPS) is 20.0. The number of nitrogens with zero attached hydrogens (tertiary/aromatic N) is 10. The Morgan fingerprint density at radius 3 is 1.32 bits per heavy atom. The first-order valence-electron chi connectivity index (χ1n) is 22.9. The van der Waals surface area contributed by atoms with Gasteiger partial charge in [-0.15, -0.1) is 10.2 Å². The van der Waals surface area contributed by atoms with Crippen LogP contribution < -0.4 is 9.47 Å². The predicted octanol–water partition coefficient (Wildman–Crippen LogP) is 6.09. The summed E-state index contributed by atoms with van der Waals surface area (Å²) in [6.45, 7) is 5.91. The van der Waals surface area contributed by atoms with Crippen LogP contribution in [0.25, 0.3) is 22.8 Å². The fourth-order valence-corrected chi connectivity index (χ4v) is 8.48. The van der Waals surface area contributed by atoms with Crippen molar-refractivity contribution in [2.75, 3.05) is 40.4 Å². The minimum atomic E-state index is -0.759. The number of hydrogen-bond donors (Lipinski definition) is 2. The van der Waals surface area contributed by atoms with E-state index in [1.54, 1.807) is 59.5 Å². The quantitative estimate of drug-likeness (QED) is 0.115. The molecule has 4 aliphatic carbocycles. The number of carbonyl (C=O) groups is 4. The summed E-state index contributed by atoms with van der Waals surface area (Å²) < 4.78 is 25.9. The average Bonchev–Trinajstić information content (AvgIpc) is 3.79. The number of rotatable bonds is 18. The van der Waals surface area contributed by atoms with Crippen molar-refractivity contribution in [3.8, 4) is 34.3 Å². The van der Waals surface area contributed by atoms with Crippen molar-refractivity contribution < 1.29 is 48.3 Å². The zero-order valence-electron chi connectivity index (χ0n) is 38.7. The Morgan fingerprint density at radius 1 is 0.621 bits per heavy atom. The maximum absolute atomic E-state index is 12.4. The highest BCUT2D eigenvalue weighted by molar-refractivity contribution is 5.72. The van der Waals surface area contributed by atoms with Crippen molar-refractivity contribution in [1.29, 1.82) is 0 Å². The summed E-state index contributed by atoms with van der Waals surface area (Å²) in [5, 5.41) is 35.0. The molecular formula is C46H62N10O10. The monoisotopic (exact) mass is 914 g/mol. The molecule has 20 nitrogen and oxygen atoms in total. The summed E-state index contributed by atoms with van der Waals surface area (Å²) in [6.07, 6.45) is 9.53. The van der Waals surface area contributed by atoms with Crippen molar-refractivity contribution in [3.63, 3.8) is 0 Å². The number of carbonyl (C=O) groups excluding carboxylic acids is 2. The molecule has 2 N–H and O–H groups in total. The lowest BCUT2D eigenvalue weighted by atomic mass is 9.74. The summed E-state index contributed by atoms with van der Waals surface area (Å²) >= 11 is 0. The number of ether oxygens (including phenoxy) is 4. The van der Waals surface area contributed by atoms with Gasteiger partial charge >= 0.3 is 24.1 Å². The SMILES string of the molecule is Cc1nc(-c2nnn(C)c2COC(=O)N(C)CC2CCC2)ccc1OC[C@@H]1CC[C@H]1C(=O)O.Cc1nc(-c2nnn(C)c2COC(=O)N(C)CC2CCC2)ccc1OC[C@H]1CC[C@@H]1C(=O)O. The minimum absolute atomic E-state index is 0.0327. The Morgan fingerprint density at radius 2 is 1.02 bits per heavy atom. The Balaban J connectivity index is 0.000000196. The molecular weight excluding hydrogens is 853 g/mol. The molecule has 4 saturated carbocycles. The number of hydrogen-bond acceptors (Lipinski definition) is 14. The number of aliphatic carboxylic acids is 2. The first kappa shape index (κ1) is 47.6. The Hall–Kier alpha value is -6.34. The fraction of sp³-hybridized carbons (Fsp3) is 0.609. The molecule has 0 saturated heterocycles. The lowest BCUT2D eigenvalue weighted by Crippen LogP contribution is -2.36. The number of carboxylic acids is 2. The third kappa shape index (κ3) is 11.4. The van der Waals surface area contributed by atoms with E-state index >= 15 is 0 Å². The number of pyridine rings is 2. The molecule has 4 aliphatic rings. The molecule has 0 radical (unpaired) electrons. The molecule has 4 atom stereocenters. The van der Waals surface area contributed by atoms with Crippen LogP contribution in [-0.2, 0) is 46.4 Å². The van der Waals surface area contributed by atoms with E-state index in [1.165, 1.54) is 38.5 Å². The van der Waals surface area contributed by atoms with Crippen LogP contribution in [0.15, 0.2) is 24.3 Å². The molecule has 4 aromatic rings. The zero-order valence-corrected chi connectivity index (χ0v) is 38.7. The summed E-state index contributed by atoms with van der Waals surface area (Å²) in [7, 11) is 7.02. The van der Waals surface area contributed by atoms with Crippen molar-refractivity contribution in [2.24, 2.45) is 49.6 Å². The van der Waals surface area contributed by atoms with Crippen LogP contribution in [0.5, 0.6) is 11.5 Å². The maximum Gasteiger partial charge on any atom is 0.409 e. The van der Waals surface area contributed by atoms with E-state index in [2.05, 4.69) is 30.6 Å². The lowest BCUT2D eigenvalue weighted by Gasteiger charge is -2.33. The van der Waals surface area contributed by atoms with Crippen molar-refractivity contribution >= 4 is 24.1 Å². The van der Waals surface area contributed by atoms with E-state index in [0.29, 0.717) is 108 Å². The molecule has 4 fully saturated rings.